The van der Waals surface area contributed by atoms with Gasteiger partial charge in [-0.15, -0.1) is 0 Å². The van der Waals surface area contributed by atoms with Crippen molar-refractivity contribution in [2.24, 2.45) is 0 Å². The van der Waals surface area contributed by atoms with Crippen molar-refractivity contribution >= 4 is 5.69 Å². The van der Waals surface area contributed by atoms with Gasteiger partial charge in [-0.25, -0.2) is 0 Å². The van der Waals surface area contributed by atoms with E-state index in [1.54, 1.807) is 0 Å². The predicted octanol–water partition coefficient (Wildman–Crippen LogP) is 3.16. The summed E-state index contributed by atoms with van der Waals surface area (Å²) in [6.07, 6.45) is 5.36. The van der Waals surface area contributed by atoms with Crippen molar-refractivity contribution in [2.75, 3.05) is 12.3 Å². The van der Waals surface area contributed by atoms with E-state index in [0.717, 1.165) is 18.8 Å². The molecule has 2 heteroatoms. The van der Waals surface area contributed by atoms with Gasteiger partial charge in [0, 0.05) is 18.8 Å². The van der Waals surface area contributed by atoms with Crippen LogP contribution in [0.2, 0.25) is 0 Å². The molecule has 2 N–H and O–H groups in total. The van der Waals surface area contributed by atoms with Crippen LogP contribution < -0.4 is 5.73 Å². The number of benzene rings is 1. The molecule has 1 aromatic rings. The highest BCUT2D eigenvalue weighted by Gasteiger charge is 2.19. The van der Waals surface area contributed by atoms with Gasteiger partial charge in [0.15, 0.2) is 0 Å². The third-order valence-electron chi connectivity index (χ3n) is 3.41. The first-order valence-electron chi connectivity index (χ1n) is 6.40. The van der Waals surface area contributed by atoms with Crippen molar-refractivity contribution in [1.82, 2.24) is 4.90 Å². The standard InChI is InChI=1S/C14H22N2/c1-2-3-4-5-9-16-10-12-7-6-8-14(15)13(12)11-16/h6-8H,2-5,9-11,15H2,1H3. The fourth-order valence-electron chi connectivity index (χ4n) is 2.44. The Kier molecular flexibility index (Phi) is 3.83. The molecule has 1 aliphatic rings. The average molecular weight is 218 g/mol. The minimum atomic E-state index is 0.966. The first-order chi connectivity index (χ1) is 7.81. The summed E-state index contributed by atoms with van der Waals surface area (Å²) in [6.45, 7) is 5.61. The van der Waals surface area contributed by atoms with E-state index in [9.17, 15) is 0 Å². The lowest BCUT2D eigenvalue weighted by Gasteiger charge is -2.14. The number of nitrogen functional groups attached to an aromatic ring is 1. The van der Waals surface area contributed by atoms with Crippen LogP contribution in [-0.2, 0) is 13.1 Å². The van der Waals surface area contributed by atoms with E-state index < -0.39 is 0 Å². The zero-order valence-electron chi connectivity index (χ0n) is 10.2. The number of fused-ring (bicyclic) bond motifs is 1. The molecule has 0 saturated carbocycles. The van der Waals surface area contributed by atoms with Crippen LogP contribution in [-0.4, -0.2) is 11.4 Å². The van der Waals surface area contributed by atoms with Crippen molar-refractivity contribution in [3.8, 4) is 0 Å². The predicted molar refractivity (Wildman–Crippen MR) is 69.1 cm³/mol. The lowest BCUT2D eigenvalue weighted by atomic mass is 10.1. The second kappa shape index (κ2) is 5.35. The van der Waals surface area contributed by atoms with Crippen molar-refractivity contribution in [2.45, 2.75) is 45.7 Å². The van der Waals surface area contributed by atoms with E-state index in [1.807, 2.05) is 6.07 Å². The number of nitrogens with zero attached hydrogens (tertiary/aromatic N) is 1. The maximum Gasteiger partial charge on any atom is 0.0363 e. The molecule has 0 atom stereocenters. The highest BCUT2D eigenvalue weighted by atomic mass is 15.1. The Morgan fingerprint density at radius 1 is 1.19 bits per heavy atom. The Morgan fingerprint density at radius 2 is 2.06 bits per heavy atom. The minimum Gasteiger partial charge on any atom is -0.398 e. The molecular weight excluding hydrogens is 196 g/mol. The van der Waals surface area contributed by atoms with Crippen LogP contribution in [0.4, 0.5) is 5.69 Å². The van der Waals surface area contributed by atoms with Gasteiger partial charge in [0.05, 0.1) is 0 Å². The van der Waals surface area contributed by atoms with Gasteiger partial charge in [0.2, 0.25) is 0 Å². The van der Waals surface area contributed by atoms with Crippen molar-refractivity contribution in [3.63, 3.8) is 0 Å². The van der Waals surface area contributed by atoms with Gasteiger partial charge in [0.1, 0.15) is 0 Å². The molecular formula is C14H22N2. The van der Waals surface area contributed by atoms with Crippen LogP contribution in [0.1, 0.15) is 43.7 Å². The molecule has 0 amide bonds. The van der Waals surface area contributed by atoms with E-state index in [2.05, 4.69) is 24.0 Å². The summed E-state index contributed by atoms with van der Waals surface area (Å²) in [7, 11) is 0. The van der Waals surface area contributed by atoms with Crippen LogP contribution >= 0.6 is 0 Å². The zero-order chi connectivity index (χ0) is 11.4. The van der Waals surface area contributed by atoms with E-state index >= 15 is 0 Å². The van der Waals surface area contributed by atoms with Crippen molar-refractivity contribution in [1.29, 1.82) is 0 Å². The van der Waals surface area contributed by atoms with Crippen LogP contribution in [0.5, 0.6) is 0 Å². The molecule has 1 aliphatic heterocycles. The second-order valence-corrected chi connectivity index (χ2v) is 4.76. The molecule has 2 rings (SSSR count). The van der Waals surface area contributed by atoms with Crippen molar-refractivity contribution < 1.29 is 0 Å². The molecule has 1 aromatic carbocycles. The number of hydrogen-bond donors (Lipinski definition) is 1. The smallest absolute Gasteiger partial charge is 0.0363 e. The molecule has 0 bridgehead atoms. The zero-order valence-corrected chi connectivity index (χ0v) is 10.2. The van der Waals surface area contributed by atoms with Crippen LogP contribution in [0.15, 0.2) is 18.2 Å². The summed E-state index contributed by atoms with van der Waals surface area (Å²) < 4.78 is 0. The van der Waals surface area contributed by atoms with Crippen LogP contribution in [0, 0.1) is 0 Å². The third kappa shape index (κ3) is 2.56. The van der Waals surface area contributed by atoms with E-state index in [-0.39, 0.29) is 0 Å². The highest BCUT2D eigenvalue weighted by Crippen LogP contribution is 2.27. The fraction of sp³-hybridized carbons (Fsp3) is 0.571. The normalized spacial score (nSPS) is 15.3. The number of rotatable bonds is 5. The first kappa shape index (κ1) is 11.5. The summed E-state index contributed by atoms with van der Waals surface area (Å²) in [5.74, 6) is 0. The van der Waals surface area contributed by atoms with E-state index in [1.165, 1.54) is 43.4 Å². The van der Waals surface area contributed by atoms with Gasteiger partial charge >= 0.3 is 0 Å². The van der Waals surface area contributed by atoms with Gasteiger partial charge in [-0.3, -0.25) is 4.90 Å². The molecule has 0 saturated heterocycles. The summed E-state index contributed by atoms with van der Waals surface area (Å²) in [5, 5.41) is 0. The second-order valence-electron chi connectivity index (χ2n) is 4.76. The number of nitrogens with two attached hydrogens (primary N) is 1. The summed E-state index contributed by atoms with van der Waals surface area (Å²) in [5.41, 5.74) is 9.74. The molecule has 2 nitrogen and oxygen atoms in total. The van der Waals surface area contributed by atoms with Crippen molar-refractivity contribution in [3.05, 3.63) is 29.3 Å². The number of unbranched alkanes of at least 4 members (excludes halogenated alkanes) is 3. The lowest BCUT2D eigenvalue weighted by molar-refractivity contribution is 0.277. The van der Waals surface area contributed by atoms with Gasteiger partial charge in [0.25, 0.3) is 0 Å². The molecule has 16 heavy (non-hydrogen) atoms. The SMILES string of the molecule is CCCCCCN1Cc2cccc(N)c2C1. The Morgan fingerprint density at radius 3 is 2.81 bits per heavy atom. The van der Waals surface area contributed by atoms with Crippen LogP contribution in [0.3, 0.4) is 0 Å². The topological polar surface area (TPSA) is 29.3 Å². The molecule has 1 heterocycles. The monoisotopic (exact) mass is 218 g/mol. The average Bonchev–Trinajstić information content (AvgIpc) is 2.69. The van der Waals surface area contributed by atoms with Gasteiger partial charge in [-0.2, -0.15) is 0 Å². The Hall–Kier alpha value is -1.02. The van der Waals surface area contributed by atoms with Crippen LogP contribution in [0.25, 0.3) is 0 Å². The Labute approximate surface area is 98.4 Å². The Balaban J connectivity index is 1.84. The maximum absolute atomic E-state index is 5.98. The molecule has 88 valence electrons. The Bertz CT molecular complexity index is 347. The summed E-state index contributed by atoms with van der Waals surface area (Å²) >= 11 is 0. The molecule has 0 aromatic heterocycles. The quantitative estimate of drug-likeness (QED) is 0.607. The number of hydrogen-bond acceptors (Lipinski definition) is 2. The first-order valence-corrected chi connectivity index (χ1v) is 6.40. The lowest BCUT2D eigenvalue weighted by Crippen LogP contribution is -2.17. The fourth-order valence-corrected chi connectivity index (χ4v) is 2.44. The summed E-state index contributed by atoms with van der Waals surface area (Å²) in [4.78, 5) is 2.51. The molecule has 0 spiro atoms. The summed E-state index contributed by atoms with van der Waals surface area (Å²) in [6, 6.07) is 6.28. The van der Waals surface area contributed by atoms with Gasteiger partial charge in [-0.05, 0) is 30.2 Å². The van der Waals surface area contributed by atoms with Gasteiger partial charge < -0.3 is 5.73 Å². The molecule has 0 unspecified atom stereocenters. The molecule has 0 radical (unpaired) electrons. The molecule has 0 fully saturated rings. The highest BCUT2D eigenvalue weighted by molar-refractivity contribution is 5.52. The van der Waals surface area contributed by atoms with E-state index in [0.29, 0.717) is 0 Å². The minimum absolute atomic E-state index is 0.966. The maximum atomic E-state index is 5.98. The molecule has 0 aliphatic carbocycles. The largest absolute Gasteiger partial charge is 0.398 e. The number of anilines is 1. The third-order valence-corrected chi connectivity index (χ3v) is 3.41. The van der Waals surface area contributed by atoms with Gasteiger partial charge in [-0.1, -0.05) is 38.3 Å². The van der Waals surface area contributed by atoms with E-state index in [4.69, 9.17) is 5.73 Å².